The van der Waals surface area contributed by atoms with Gasteiger partial charge in [0, 0.05) is 6.04 Å². The Morgan fingerprint density at radius 1 is 1.50 bits per heavy atom. The number of rotatable bonds is 1. The molecule has 1 heterocycles. The molecular weight excluding hydrogens is 221 g/mol. The van der Waals surface area contributed by atoms with E-state index in [0.29, 0.717) is 10.5 Å². The molecule has 0 radical (unpaired) electrons. The van der Waals surface area contributed by atoms with Gasteiger partial charge in [-0.2, -0.15) is 0 Å². The summed E-state index contributed by atoms with van der Waals surface area (Å²) >= 11 is 3.12. The van der Waals surface area contributed by atoms with Gasteiger partial charge in [0.25, 0.3) is 0 Å². The molecule has 0 spiro atoms. The molecule has 1 nitrogen and oxygen atoms in total. The first-order chi connectivity index (χ1) is 5.77. The fourth-order valence-corrected chi connectivity index (χ4v) is 1.55. The molecule has 0 aliphatic carbocycles. The summed E-state index contributed by atoms with van der Waals surface area (Å²) in [7, 11) is 0. The van der Waals surface area contributed by atoms with E-state index in [4.69, 9.17) is 0 Å². The van der Waals surface area contributed by atoms with Crippen molar-refractivity contribution in [2.45, 2.75) is 12.5 Å². The van der Waals surface area contributed by atoms with Crippen LogP contribution < -0.4 is 5.32 Å². The van der Waals surface area contributed by atoms with Crippen LogP contribution in [-0.2, 0) is 0 Å². The zero-order valence-corrected chi connectivity index (χ0v) is 8.07. The van der Waals surface area contributed by atoms with Crippen LogP contribution in [0.1, 0.15) is 18.0 Å². The van der Waals surface area contributed by atoms with E-state index in [9.17, 15) is 4.39 Å². The van der Waals surface area contributed by atoms with Crippen molar-refractivity contribution in [3.63, 3.8) is 0 Å². The molecule has 3 heteroatoms. The molecule has 0 amide bonds. The van der Waals surface area contributed by atoms with Crippen molar-refractivity contribution in [2.24, 2.45) is 0 Å². The van der Waals surface area contributed by atoms with Gasteiger partial charge in [0.15, 0.2) is 0 Å². The van der Waals surface area contributed by atoms with Crippen molar-refractivity contribution in [1.82, 2.24) is 5.32 Å². The summed E-state index contributed by atoms with van der Waals surface area (Å²) in [6.45, 7) is 1.04. The van der Waals surface area contributed by atoms with Crippen molar-refractivity contribution >= 4 is 15.9 Å². The van der Waals surface area contributed by atoms with Gasteiger partial charge in [-0.05, 0) is 46.6 Å². The van der Waals surface area contributed by atoms with Gasteiger partial charge < -0.3 is 5.32 Å². The van der Waals surface area contributed by atoms with E-state index in [1.54, 1.807) is 12.1 Å². The molecule has 1 aromatic rings. The van der Waals surface area contributed by atoms with Crippen LogP contribution in [0.3, 0.4) is 0 Å². The maximum Gasteiger partial charge on any atom is 0.137 e. The van der Waals surface area contributed by atoms with E-state index in [0.717, 1.165) is 18.5 Å². The molecule has 0 aromatic heterocycles. The van der Waals surface area contributed by atoms with Gasteiger partial charge >= 0.3 is 0 Å². The van der Waals surface area contributed by atoms with Crippen LogP contribution in [0, 0.1) is 5.82 Å². The van der Waals surface area contributed by atoms with E-state index >= 15 is 0 Å². The van der Waals surface area contributed by atoms with Crippen molar-refractivity contribution in [3.8, 4) is 0 Å². The molecular formula is C9H9BrFN. The lowest BCUT2D eigenvalue weighted by molar-refractivity contribution is 0.382. The molecule has 1 atom stereocenters. The van der Waals surface area contributed by atoms with Crippen LogP contribution in [0.4, 0.5) is 4.39 Å². The largest absolute Gasteiger partial charge is 0.310 e. The molecule has 64 valence electrons. The summed E-state index contributed by atoms with van der Waals surface area (Å²) in [6, 6.07) is 5.66. The number of hydrogen-bond acceptors (Lipinski definition) is 1. The van der Waals surface area contributed by atoms with Gasteiger partial charge in [0.05, 0.1) is 4.47 Å². The van der Waals surface area contributed by atoms with Crippen molar-refractivity contribution in [1.29, 1.82) is 0 Å². The number of benzene rings is 1. The highest BCUT2D eigenvalue weighted by molar-refractivity contribution is 9.10. The molecule has 1 N–H and O–H groups in total. The molecule has 1 aliphatic heterocycles. The van der Waals surface area contributed by atoms with Crippen LogP contribution in [0.25, 0.3) is 0 Å². The summed E-state index contributed by atoms with van der Waals surface area (Å²) in [5, 5.41) is 3.23. The highest BCUT2D eigenvalue weighted by atomic mass is 79.9. The summed E-state index contributed by atoms with van der Waals surface area (Å²) in [4.78, 5) is 0. The normalized spacial score (nSPS) is 22.0. The smallest absolute Gasteiger partial charge is 0.137 e. The maximum absolute atomic E-state index is 13.0. The van der Waals surface area contributed by atoms with E-state index in [-0.39, 0.29) is 5.82 Å². The lowest BCUT2D eigenvalue weighted by Gasteiger charge is -2.28. The third-order valence-electron chi connectivity index (χ3n) is 2.17. The monoisotopic (exact) mass is 229 g/mol. The fraction of sp³-hybridized carbons (Fsp3) is 0.333. The Bertz CT molecular complexity index is 297. The number of halogens is 2. The minimum absolute atomic E-state index is 0.179. The second-order valence-corrected chi connectivity index (χ2v) is 3.82. The molecule has 12 heavy (non-hydrogen) atoms. The zero-order chi connectivity index (χ0) is 8.55. The SMILES string of the molecule is Fc1cc(C2CCN2)ccc1Br. The predicted octanol–water partition coefficient (Wildman–Crippen LogP) is 2.62. The van der Waals surface area contributed by atoms with Crippen LogP contribution in [0.15, 0.2) is 22.7 Å². The van der Waals surface area contributed by atoms with E-state index in [2.05, 4.69) is 21.2 Å². The third kappa shape index (κ3) is 1.39. The quantitative estimate of drug-likeness (QED) is 0.781. The predicted molar refractivity (Wildman–Crippen MR) is 49.5 cm³/mol. The summed E-state index contributed by atoms with van der Waals surface area (Å²) in [5.41, 5.74) is 1.04. The Morgan fingerprint density at radius 3 is 2.75 bits per heavy atom. The lowest BCUT2D eigenvalue weighted by Crippen LogP contribution is -2.34. The average molecular weight is 230 g/mol. The topological polar surface area (TPSA) is 12.0 Å². The first-order valence-corrected chi connectivity index (χ1v) is 4.75. The maximum atomic E-state index is 13.0. The number of hydrogen-bond donors (Lipinski definition) is 1. The minimum Gasteiger partial charge on any atom is -0.310 e. The highest BCUT2D eigenvalue weighted by Crippen LogP contribution is 2.25. The second kappa shape index (κ2) is 3.15. The zero-order valence-electron chi connectivity index (χ0n) is 6.48. The first-order valence-electron chi connectivity index (χ1n) is 3.96. The molecule has 1 unspecified atom stereocenters. The van der Waals surface area contributed by atoms with Crippen molar-refractivity contribution in [2.75, 3.05) is 6.54 Å². The second-order valence-electron chi connectivity index (χ2n) is 2.97. The van der Waals surface area contributed by atoms with Crippen molar-refractivity contribution in [3.05, 3.63) is 34.1 Å². The molecule has 1 fully saturated rings. The van der Waals surface area contributed by atoms with Gasteiger partial charge in [-0.3, -0.25) is 0 Å². The molecule has 1 aliphatic rings. The van der Waals surface area contributed by atoms with Crippen molar-refractivity contribution < 1.29 is 4.39 Å². The Labute approximate surface area is 79.1 Å². The van der Waals surface area contributed by atoms with Gasteiger partial charge in [-0.25, -0.2) is 4.39 Å². The van der Waals surface area contributed by atoms with E-state index in [1.165, 1.54) is 0 Å². The van der Waals surface area contributed by atoms with Gasteiger partial charge in [-0.15, -0.1) is 0 Å². The van der Waals surface area contributed by atoms with Gasteiger partial charge in [0.2, 0.25) is 0 Å². The standard InChI is InChI=1S/C9H9BrFN/c10-7-2-1-6(5-8(7)11)9-3-4-12-9/h1-2,5,9,12H,3-4H2. The lowest BCUT2D eigenvalue weighted by atomic mass is 9.98. The highest BCUT2D eigenvalue weighted by Gasteiger charge is 2.18. The number of nitrogens with one attached hydrogen (secondary N) is 1. The Morgan fingerprint density at radius 2 is 2.25 bits per heavy atom. The molecule has 1 saturated heterocycles. The molecule has 1 aromatic carbocycles. The molecule has 0 bridgehead atoms. The van der Waals surface area contributed by atoms with Gasteiger partial charge in [0.1, 0.15) is 5.82 Å². The summed E-state index contributed by atoms with van der Waals surface area (Å²) < 4.78 is 13.6. The first kappa shape index (κ1) is 8.20. The van der Waals surface area contributed by atoms with E-state index < -0.39 is 0 Å². The van der Waals surface area contributed by atoms with Crippen LogP contribution >= 0.6 is 15.9 Å². The Kier molecular flexibility index (Phi) is 2.15. The Balaban J connectivity index is 2.27. The third-order valence-corrected chi connectivity index (χ3v) is 2.81. The van der Waals surface area contributed by atoms with Crippen LogP contribution in [0.2, 0.25) is 0 Å². The summed E-state index contributed by atoms with van der Waals surface area (Å²) in [5.74, 6) is -0.179. The summed E-state index contributed by atoms with van der Waals surface area (Å²) in [6.07, 6.45) is 1.11. The van der Waals surface area contributed by atoms with E-state index in [1.807, 2.05) is 6.07 Å². The fourth-order valence-electron chi connectivity index (χ4n) is 1.30. The average Bonchev–Trinajstić information content (AvgIpc) is 1.93. The van der Waals surface area contributed by atoms with Crippen LogP contribution in [-0.4, -0.2) is 6.54 Å². The Hall–Kier alpha value is -0.410. The minimum atomic E-state index is -0.179. The van der Waals surface area contributed by atoms with Gasteiger partial charge in [-0.1, -0.05) is 6.07 Å². The molecule has 0 saturated carbocycles. The molecule has 2 rings (SSSR count). The van der Waals surface area contributed by atoms with Crippen LogP contribution in [0.5, 0.6) is 0 Å².